The number of ketones is 1. The minimum atomic E-state index is -0.731. The first-order valence-corrected chi connectivity index (χ1v) is 12.3. The standard InChI is InChI=1S/C29H32FNO6/c1-5-36-11-12-37-29(33)26-17(2)31-22-14-20(18-9-10-24(34-3)25(16-18)35-4)15-23(32)28(22)27(26)19-7-6-8-21(30)13-19/h6-10,13,16,20,27,31H,5,11-12,14-15H2,1-4H3/t20-,27+/m0/s1. The van der Waals surface area contributed by atoms with E-state index in [0.717, 1.165) is 11.3 Å². The molecule has 2 aromatic rings. The Morgan fingerprint density at radius 1 is 1.03 bits per heavy atom. The molecule has 1 aliphatic heterocycles. The van der Waals surface area contributed by atoms with Crippen molar-refractivity contribution in [3.63, 3.8) is 0 Å². The maximum absolute atomic E-state index is 14.3. The van der Waals surface area contributed by atoms with Crippen LogP contribution < -0.4 is 14.8 Å². The van der Waals surface area contributed by atoms with E-state index in [-0.39, 0.29) is 31.3 Å². The van der Waals surface area contributed by atoms with E-state index in [2.05, 4.69) is 5.32 Å². The molecule has 1 N–H and O–H groups in total. The van der Waals surface area contributed by atoms with Crippen molar-refractivity contribution < 1.29 is 32.9 Å². The Morgan fingerprint density at radius 3 is 2.51 bits per heavy atom. The summed E-state index contributed by atoms with van der Waals surface area (Å²) in [7, 11) is 3.15. The lowest BCUT2D eigenvalue weighted by Crippen LogP contribution is -2.36. The van der Waals surface area contributed by atoms with E-state index in [1.807, 2.05) is 25.1 Å². The van der Waals surface area contributed by atoms with Gasteiger partial charge in [-0.3, -0.25) is 4.79 Å². The average Bonchev–Trinajstić information content (AvgIpc) is 2.89. The predicted molar refractivity (Wildman–Crippen MR) is 136 cm³/mol. The van der Waals surface area contributed by atoms with Gasteiger partial charge in [-0.05, 0) is 61.6 Å². The van der Waals surface area contributed by atoms with Gasteiger partial charge in [0.15, 0.2) is 17.3 Å². The molecule has 0 fully saturated rings. The van der Waals surface area contributed by atoms with Crippen LogP contribution in [0.3, 0.4) is 0 Å². The maximum atomic E-state index is 14.3. The summed E-state index contributed by atoms with van der Waals surface area (Å²) >= 11 is 0. The van der Waals surface area contributed by atoms with Crippen molar-refractivity contribution in [1.29, 1.82) is 0 Å². The quantitative estimate of drug-likeness (QED) is 0.385. The summed E-state index contributed by atoms with van der Waals surface area (Å²) in [5.41, 5.74) is 3.57. The third-order valence-corrected chi connectivity index (χ3v) is 6.77. The lowest BCUT2D eigenvalue weighted by Gasteiger charge is -2.36. The molecule has 0 saturated carbocycles. The first kappa shape index (κ1) is 26.4. The van der Waals surface area contributed by atoms with Crippen molar-refractivity contribution >= 4 is 11.8 Å². The molecule has 0 aromatic heterocycles. The second kappa shape index (κ2) is 11.6. The highest BCUT2D eigenvalue weighted by Crippen LogP contribution is 2.46. The Hall–Kier alpha value is -3.65. The molecule has 1 heterocycles. The van der Waals surface area contributed by atoms with Gasteiger partial charge in [0, 0.05) is 35.9 Å². The van der Waals surface area contributed by atoms with E-state index in [1.54, 1.807) is 33.3 Å². The van der Waals surface area contributed by atoms with Crippen LogP contribution in [0.15, 0.2) is 65.0 Å². The number of halogens is 1. The largest absolute Gasteiger partial charge is 0.493 e. The molecule has 0 amide bonds. The summed E-state index contributed by atoms with van der Waals surface area (Å²) < 4.78 is 35.8. The number of hydrogen-bond donors (Lipinski definition) is 1. The number of carbonyl (C=O) groups excluding carboxylic acids is 2. The Labute approximate surface area is 216 Å². The lowest BCUT2D eigenvalue weighted by molar-refractivity contribution is -0.140. The van der Waals surface area contributed by atoms with Gasteiger partial charge in [0.25, 0.3) is 0 Å². The van der Waals surface area contributed by atoms with Crippen molar-refractivity contribution in [2.75, 3.05) is 34.0 Å². The number of dihydropyridines is 1. The van der Waals surface area contributed by atoms with Gasteiger partial charge in [0.1, 0.15) is 12.4 Å². The number of nitrogens with one attached hydrogen (secondary N) is 1. The Morgan fingerprint density at radius 2 is 1.81 bits per heavy atom. The summed E-state index contributed by atoms with van der Waals surface area (Å²) in [6.07, 6.45) is 0.792. The molecule has 2 aromatic carbocycles. The number of methoxy groups -OCH3 is 2. The molecular formula is C29H32FNO6. The molecule has 0 unspecified atom stereocenters. The topological polar surface area (TPSA) is 83.1 Å². The SMILES string of the molecule is CCOCCOC(=O)C1=C(C)NC2=C(C(=O)C[C@@H](c3ccc(OC)c(OC)c3)C2)[C@@H]1c1cccc(F)c1. The Kier molecular flexibility index (Phi) is 8.28. The maximum Gasteiger partial charge on any atom is 0.336 e. The van der Waals surface area contributed by atoms with Gasteiger partial charge in [-0.2, -0.15) is 0 Å². The highest BCUT2D eigenvalue weighted by molar-refractivity contribution is 6.04. The molecule has 2 aliphatic rings. The van der Waals surface area contributed by atoms with E-state index >= 15 is 0 Å². The average molecular weight is 510 g/mol. The minimum absolute atomic E-state index is 0.0839. The molecular weight excluding hydrogens is 477 g/mol. The van der Waals surface area contributed by atoms with Gasteiger partial charge < -0.3 is 24.3 Å². The summed E-state index contributed by atoms with van der Waals surface area (Å²) in [5.74, 6) is -0.720. The molecule has 37 heavy (non-hydrogen) atoms. The van der Waals surface area contributed by atoms with Crippen LogP contribution in [0.2, 0.25) is 0 Å². The zero-order valence-corrected chi connectivity index (χ0v) is 21.6. The van der Waals surface area contributed by atoms with Gasteiger partial charge >= 0.3 is 5.97 Å². The molecule has 0 spiro atoms. The fourth-order valence-corrected chi connectivity index (χ4v) is 5.09. The molecule has 1 aliphatic carbocycles. The van der Waals surface area contributed by atoms with Crippen molar-refractivity contribution in [1.82, 2.24) is 5.32 Å². The van der Waals surface area contributed by atoms with Crippen LogP contribution in [0.1, 0.15) is 49.7 Å². The molecule has 8 heteroatoms. The molecule has 2 atom stereocenters. The summed E-state index contributed by atoms with van der Waals surface area (Å²) in [5, 5.41) is 3.30. The van der Waals surface area contributed by atoms with E-state index in [4.69, 9.17) is 18.9 Å². The number of hydrogen-bond acceptors (Lipinski definition) is 7. The molecule has 0 saturated heterocycles. The Balaban J connectivity index is 1.71. The van der Waals surface area contributed by atoms with Gasteiger partial charge in [0.05, 0.1) is 26.4 Å². The minimum Gasteiger partial charge on any atom is -0.493 e. The first-order chi connectivity index (χ1) is 17.9. The van der Waals surface area contributed by atoms with Crippen LogP contribution in [0.25, 0.3) is 0 Å². The van der Waals surface area contributed by atoms with Gasteiger partial charge in [0.2, 0.25) is 0 Å². The lowest BCUT2D eigenvalue weighted by atomic mass is 9.71. The number of carbonyl (C=O) groups is 2. The number of esters is 1. The van der Waals surface area contributed by atoms with Crippen molar-refractivity contribution in [3.8, 4) is 11.5 Å². The summed E-state index contributed by atoms with van der Waals surface area (Å²) in [6, 6.07) is 11.7. The monoisotopic (exact) mass is 509 g/mol. The summed E-state index contributed by atoms with van der Waals surface area (Å²) in [6.45, 7) is 4.50. The first-order valence-electron chi connectivity index (χ1n) is 12.3. The number of rotatable bonds is 9. The zero-order chi connectivity index (χ0) is 26.5. The smallest absolute Gasteiger partial charge is 0.336 e. The van der Waals surface area contributed by atoms with Gasteiger partial charge in [-0.15, -0.1) is 0 Å². The van der Waals surface area contributed by atoms with Gasteiger partial charge in [-0.1, -0.05) is 18.2 Å². The fourth-order valence-electron chi connectivity index (χ4n) is 5.09. The van der Waals surface area contributed by atoms with Crippen molar-refractivity contribution in [3.05, 3.63) is 81.9 Å². The zero-order valence-electron chi connectivity index (χ0n) is 21.6. The number of allylic oxidation sites excluding steroid dienone is 3. The highest BCUT2D eigenvalue weighted by atomic mass is 19.1. The molecule has 7 nitrogen and oxygen atoms in total. The molecule has 0 radical (unpaired) electrons. The van der Waals surface area contributed by atoms with E-state index in [1.165, 1.54) is 12.1 Å². The number of Topliss-reactive ketones (excluding diaryl/α,β-unsaturated/α-hetero) is 1. The van der Waals surface area contributed by atoms with E-state index < -0.39 is 17.7 Å². The molecule has 4 rings (SSSR count). The van der Waals surface area contributed by atoms with E-state index in [9.17, 15) is 14.0 Å². The van der Waals surface area contributed by atoms with Crippen LogP contribution >= 0.6 is 0 Å². The predicted octanol–water partition coefficient (Wildman–Crippen LogP) is 4.78. The third kappa shape index (κ3) is 5.54. The van der Waals surface area contributed by atoms with E-state index in [0.29, 0.717) is 46.9 Å². The van der Waals surface area contributed by atoms with Crippen molar-refractivity contribution in [2.45, 2.75) is 38.5 Å². The second-order valence-corrected chi connectivity index (χ2v) is 9.02. The van der Waals surface area contributed by atoms with Crippen LogP contribution in [0, 0.1) is 5.82 Å². The Bertz CT molecular complexity index is 1250. The van der Waals surface area contributed by atoms with Gasteiger partial charge in [-0.25, -0.2) is 9.18 Å². The normalized spacial score (nSPS) is 19.3. The number of benzene rings is 2. The van der Waals surface area contributed by atoms with Crippen LogP contribution in [-0.2, 0) is 19.1 Å². The number of ether oxygens (including phenoxy) is 4. The highest BCUT2D eigenvalue weighted by Gasteiger charge is 2.41. The summed E-state index contributed by atoms with van der Waals surface area (Å²) in [4.78, 5) is 26.9. The molecule has 0 bridgehead atoms. The third-order valence-electron chi connectivity index (χ3n) is 6.77. The van der Waals surface area contributed by atoms with Crippen LogP contribution in [-0.4, -0.2) is 45.8 Å². The van der Waals surface area contributed by atoms with Crippen molar-refractivity contribution in [2.24, 2.45) is 0 Å². The second-order valence-electron chi connectivity index (χ2n) is 9.02. The fraction of sp³-hybridized carbons (Fsp3) is 0.379. The molecule has 196 valence electrons. The van der Waals surface area contributed by atoms with Crippen LogP contribution in [0.5, 0.6) is 11.5 Å². The van der Waals surface area contributed by atoms with Crippen LogP contribution in [0.4, 0.5) is 4.39 Å².